The van der Waals surface area contributed by atoms with Crippen molar-refractivity contribution in [1.29, 1.82) is 0 Å². The van der Waals surface area contributed by atoms with Crippen molar-refractivity contribution >= 4 is 15.9 Å². The van der Waals surface area contributed by atoms with Crippen molar-refractivity contribution in [2.75, 3.05) is 0 Å². The predicted octanol–water partition coefficient (Wildman–Crippen LogP) is 3.89. The molecule has 3 nitrogen and oxygen atoms in total. The number of hydrogen-bond donors (Lipinski definition) is 1. The van der Waals surface area contributed by atoms with E-state index < -0.39 is 0 Å². The fourth-order valence-corrected chi connectivity index (χ4v) is 2.16. The van der Waals surface area contributed by atoms with Crippen molar-refractivity contribution in [3.63, 3.8) is 0 Å². The number of rotatable bonds is 5. The number of benzene rings is 1. The Hall–Kier alpha value is -1.39. The highest BCUT2D eigenvalue weighted by Crippen LogP contribution is 2.28. The Morgan fingerprint density at radius 3 is 2.79 bits per heavy atom. The number of para-hydroxylation sites is 1. The minimum Gasteiger partial charge on any atom is -0.438 e. The molecule has 0 saturated heterocycles. The molecule has 3 rings (SSSR count). The van der Waals surface area contributed by atoms with Crippen LogP contribution in [0.15, 0.2) is 46.9 Å². The van der Waals surface area contributed by atoms with Crippen LogP contribution in [0.25, 0.3) is 0 Å². The molecule has 1 fully saturated rings. The second kappa shape index (κ2) is 5.72. The summed E-state index contributed by atoms with van der Waals surface area (Å²) in [7, 11) is 0. The Balaban J connectivity index is 1.70. The van der Waals surface area contributed by atoms with E-state index in [4.69, 9.17) is 4.74 Å². The molecular formula is C15H15BrN2O. The number of nitrogens with zero attached hydrogens (tertiary/aromatic N) is 1. The van der Waals surface area contributed by atoms with E-state index in [1.165, 1.54) is 12.8 Å². The highest BCUT2D eigenvalue weighted by molar-refractivity contribution is 9.10. The van der Waals surface area contributed by atoms with E-state index in [1.807, 2.05) is 42.5 Å². The van der Waals surface area contributed by atoms with Gasteiger partial charge in [0.15, 0.2) is 0 Å². The standard InChI is InChI=1S/C15H15BrN2O/c16-13-5-1-2-6-14(13)19-15-7-3-4-12(18-15)10-17-11-8-9-11/h1-7,11,17H,8-10H2. The van der Waals surface area contributed by atoms with Crippen LogP contribution in [0.4, 0.5) is 0 Å². The van der Waals surface area contributed by atoms with Crippen LogP contribution in [0.2, 0.25) is 0 Å². The van der Waals surface area contributed by atoms with Gasteiger partial charge < -0.3 is 10.1 Å². The molecule has 0 aliphatic heterocycles. The lowest BCUT2D eigenvalue weighted by Gasteiger charge is -2.08. The van der Waals surface area contributed by atoms with Crippen LogP contribution >= 0.6 is 15.9 Å². The van der Waals surface area contributed by atoms with E-state index in [0.717, 1.165) is 22.5 Å². The second-order valence-electron chi connectivity index (χ2n) is 4.65. The zero-order valence-corrected chi connectivity index (χ0v) is 12.1. The number of pyridine rings is 1. The molecular weight excluding hydrogens is 304 g/mol. The monoisotopic (exact) mass is 318 g/mol. The molecule has 1 aromatic carbocycles. The minimum absolute atomic E-state index is 0.627. The average molecular weight is 319 g/mol. The summed E-state index contributed by atoms with van der Waals surface area (Å²) in [6.45, 7) is 0.803. The van der Waals surface area contributed by atoms with Crippen LogP contribution in [0, 0.1) is 0 Å². The average Bonchev–Trinajstić information content (AvgIpc) is 3.24. The first-order valence-electron chi connectivity index (χ1n) is 6.43. The number of nitrogens with one attached hydrogen (secondary N) is 1. The molecule has 98 valence electrons. The van der Waals surface area contributed by atoms with Crippen LogP contribution in [0.5, 0.6) is 11.6 Å². The van der Waals surface area contributed by atoms with Gasteiger partial charge in [-0.25, -0.2) is 4.98 Å². The Bertz CT molecular complexity index is 570. The molecule has 1 aromatic heterocycles. The highest BCUT2D eigenvalue weighted by Gasteiger charge is 2.20. The second-order valence-corrected chi connectivity index (χ2v) is 5.51. The normalized spacial score (nSPS) is 14.4. The van der Waals surface area contributed by atoms with Gasteiger partial charge >= 0.3 is 0 Å². The molecule has 1 aliphatic rings. The third-order valence-electron chi connectivity index (χ3n) is 2.98. The maximum absolute atomic E-state index is 5.79. The van der Waals surface area contributed by atoms with Crippen molar-refractivity contribution in [1.82, 2.24) is 10.3 Å². The van der Waals surface area contributed by atoms with Gasteiger partial charge in [-0.3, -0.25) is 0 Å². The van der Waals surface area contributed by atoms with Gasteiger partial charge in [0.25, 0.3) is 0 Å². The zero-order valence-electron chi connectivity index (χ0n) is 10.5. The summed E-state index contributed by atoms with van der Waals surface area (Å²) in [5.41, 5.74) is 1.01. The van der Waals surface area contributed by atoms with Gasteiger partial charge in [-0.05, 0) is 47.0 Å². The van der Waals surface area contributed by atoms with E-state index in [0.29, 0.717) is 11.9 Å². The number of halogens is 1. The van der Waals surface area contributed by atoms with Gasteiger partial charge in [0.05, 0.1) is 10.2 Å². The molecule has 1 aliphatic carbocycles. The molecule has 4 heteroatoms. The van der Waals surface area contributed by atoms with Crippen molar-refractivity contribution in [3.05, 3.63) is 52.6 Å². The van der Waals surface area contributed by atoms with E-state index >= 15 is 0 Å². The van der Waals surface area contributed by atoms with Gasteiger partial charge in [-0.1, -0.05) is 18.2 Å². The third kappa shape index (κ3) is 3.55. The maximum atomic E-state index is 5.79. The molecule has 1 saturated carbocycles. The van der Waals surface area contributed by atoms with Crippen LogP contribution in [0.1, 0.15) is 18.5 Å². The van der Waals surface area contributed by atoms with Crippen molar-refractivity contribution < 1.29 is 4.74 Å². The van der Waals surface area contributed by atoms with Gasteiger partial charge in [0, 0.05) is 18.7 Å². The lowest BCUT2D eigenvalue weighted by atomic mass is 10.3. The summed E-state index contributed by atoms with van der Waals surface area (Å²) in [6.07, 6.45) is 2.57. The Morgan fingerprint density at radius 2 is 2.00 bits per heavy atom. The Labute approximate surface area is 121 Å². The van der Waals surface area contributed by atoms with Crippen molar-refractivity contribution in [2.45, 2.75) is 25.4 Å². The van der Waals surface area contributed by atoms with E-state index in [9.17, 15) is 0 Å². The van der Waals surface area contributed by atoms with Crippen molar-refractivity contribution in [3.8, 4) is 11.6 Å². The summed E-state index contributed by atoms with van der Waals surface area (Å²) in [6, 6.07) is 14.3. The molecule has 1 heterocycles. The van der Waals surface area contributed by atoms with Crippen LogP contribution in [0.3, 0.4) is 0 Å². The van der Waals surface area contributed by atoms with Crippen LogP contribution in [-0.4, -0.2) is 11.0 Å². The van der Waals surface area contributed by atoms with E-state index in [1.54, 1.807) is 0 Å². The third-order valence-corrected chi connectivity index (χ3v) is 3.64. The molecule has 0 bridgehead atoms. The minimum atomic E-state index is 0.627. The molecule has 0 radical (unpaired) electrons. The summed E-state index contributed by atoms with van der Waals surface area (Å²) >= 11 is 3.47. The topological polar surface area (TPSA) is 34.1 Å². The first kappa shape index (κ1) is 12.6. The fourth-order valence-electron chi connectivity index (χ4n) is 1.79. The Kier molecular flexibility index (Phi) is 3.80. The van der Waals surface area contributed by atoms with E-state index in [-0.39, 0.29) is 0 Å². The molecule has 0 atom stereocenters. The molecule has 19 heavy (non-hydrogen) atoms. The van der Waals surface area contributed by atoms with Gasteiger partial charge in [0.1, 0.15) is 5.75 Å². The summed E-state index contributed by atoms with van der Waals surface area (Å²) < 4.78 is 6.72. The lowest BCUT2D eigenvalue weighted by molar-refractivity contribution is 0.456. The summed E-state index contributed by atoms with van der Waals surface area (Å²) in [4.78, 5) is 4.50. The Morgan fingerprint density at radius 1 is 1.16 bits per heavy atom. The molecule has 0 unspecified atom stereocenters. The lowest BCUT2D eigenvalue weighted by Crippen LogP contribution is -2.16. The fraction of sp³-hybridized carbons (Fsp3) is 0.267. The van der Waals surface area contributed by atoms with Crippen LogP contribution < -0.4 is 10.1 Å². The largest absolute Gasteiger partial charge is 0.438 e. The molecule has 0 amide bonds. The predicted molar refractivity (Wildman–Crippen MR) is 78.3 cm³/mol. The van der Waals surface area contributed by atoms with Gasteiger partial charge in [0.2, 0.25) is 5.88 Å². The first-order chi connectivity index (χ1) is 9.31. The maximum Gasteiger partial charge on any atom is 0.219 e. The zero-order chi connectivity index (χ0) is 13.1. The number of aromatic nitrogens is 1. The SMILES string of the molecule is Brc1ccccc1Oc1cccc(CNC2CC2)n1. The number of hydrogen-bond acceptors (Lipinski definition) is 3. The summed E-state index contributed by atoms with van der Waals surface area (Å²) in [5, 5.41) is 3.45. The molecule has 0 spiro atoms. The van der Waals surface area contributed by atoms with Crippen LogP contribution in [-0.2, 0) is 6.54 Å². The molecule has 2 aromatic rings. The quantitative estimate of drug-likeness (QED) is 0.908. The molecule has 1 N–H and O–H groups in total. The first-order valence-corrected chi connectivity index (χ1v) is 7.22. The highest BCUT2D eigenvalue weighted by atomic mass is 79.9. The van der Waals surface area contributed by atoms with Gasteiger partial charge in [-0.2, -0.15) is 0 Å². The van der Waals surface area contributed by atoms with E-state index in [2.05, 4.69) is 26.2 Å². The summed E-state index contributed by atoms with van der Waals surface area (Å²) in [5.74, 6) is 1.41. The van der Waals surface area contributed by atoms with Crippen molar-refractivity contribution in [2.24, 2.45) is 0 Å². The van der Waals surface area contributed by atoms with Gasteiger partial charge in [-0.15, -0.1) is 0 Å². The smallest absolute Gasteiger partial charge is 0.219 e. The number of ether oxygens (including phenoxy) is 1.